The topological polar surface area (TPSA) is 57.8 Å². The maximum absolute atomic E-state index is 11.4. The first-order valence-electron chi connectivity index (χ1n) is 6.03. The summed E-state index contributed by atoms with van der Waals surface area (Å²) in [7, 11) is 0. The van der Waals surface area contributed by atoms with Crippen LogP contribution in [-0.4, -0.2) is 9.97 Å². The van der Waals surface area contributed by atoms with Crippen LogP contribution in [-0.2, 0) is 6.42 Å². The Morgan fingerprint density at radius 3 is 2.67 bits per heavy atom. The van der Waals surface area contributed by atoms with Gasteiger partial charge in [-0.25, -0.2) is 4.98 Å². The third kappa shape index (κ3) is 2.77. The van der Waals surface area contributed by atoms with Gasteiger partial charge in [0.15, 0.2) is 0 Å². The van der Waals surface area contributed by atoms with E-state index in [0.29, 0.717) is 5.95 Å². The van der Waals surface area contributed by atoms with Crippen LogP contribution >= 0.6 is 0 Å². The Morgan fingerprint density at radius 2 is 2.00 bits per heavy atom. The van der Waals surface area contributed by atoms with Gasteiger partial charge < -0.3 is 5.32 Å². The summed E-state index contributed by atoms with van der Waals surface area (Å²) in [6, 6.07) is 7.57. The van der Waals surface area contributed by atoms with Gasteiger partial charge in [0, 0.05) is 17.4 Å². The molecule has 1 aromatic carbocycles. The molecule has 18 heavy (non-hydrogen) atoms. The molecule has 4 heteroatoms. The normalized spacial score (nSPS) is 10.4. The molecular formula is C14H17N3O. The van der Waals surface area contributed by atoms with Crippen molar-refractivity contribution in [2.45, 2.75) is 27.2 Å². The minimum atomic E-state index is -0.131. The van der Waals surface area contributed by atoms with E-state index in [-0.39, 0.29) is 5.56 Å². The second-order valence-electron chi connectivity index (χ2n) is 4.36. The van der Waals surface area contributed by atoms with Crippen LogP contribution in [0.3, 0.4) is 0 Å². The number of nitrogens with zero attached hydrogens (tertiary/aromatic N) is 1. The predicted molar refractivity (Wildman–Crippen MR) is 73.4 cm³/mol. The molecule has 1 heterocycles. The van der Waals surface area contributed by atoms with E-state index in [1.54, 1.807) is 0 Å². The first-order valence-corrected chi connectivity index (χ1v) is 6.03. The Balaban J connectivity index is 2.30. The van der Waals surface area contributed by atoms with E-state index in [0.717, 1.165) is 17.8 Å². The Hall–Kier alpha value is -2.10. The van der Waals surface area contributed by atoms with E-state index < -0.39 is 0 Å². The smallest absolute Gasteiger partial charge is 0.252 e. The summed E-state index contributed by atoms with van der Waals surface area (Å²) in [5.41, 5.74) is 4.02. The highest BCUT2D eigenvalue weighted by Crippen LogP contribution is 2.16. The van der Waals surface area contributed by atoms with Crippen LogP contribution in [0.4, 0.5) is 11.6 Å². The standard InChI is InChI=1S/C14H17N3O/c1-4-11-8-13(18)17-14(15-11)16-12-6-5-9(2)10(3)7-12/h5-8H,4H2,1-3H3,(H2,15,16,17,18). The van der Waals surface area contributed by atoms with Gasteiger partial charge in [0.2, 0.25) is 5.95 Å². The minimum absolute atomic E-state index is 0.131. The summed E-state index contributed by atoms with van der Waals surface area (Å²) < 4.78 is 0. The zero-order chi connectivity index (χ0) is 13.1. The van der Waals surface area contributed by atoms with E-state index in [2.05, 4.69) is 29.1 Å². The summed E-state index contributed by atoms with van der Waals surface area (Å²) in [6.45, 7) is 6.09. The average Bonchev–Trinajstić information content (AvgIpc) is 2.33. The molecule has 0 bridgehead atoms. The summed E-state index contributed by atoms with van der Waals surface area (Å²) in [6.07, 6.45) is 0.742. The SMILES string of the molecule is CCc1cc(=O)[nH]c(Nc2ccc(C)c(C)c2)n1. The number of H-pyrrole nitrogens is 1. The van der Waals surface area contributed by atoms with E-state index in [4.69, 9.17) is 0 Å². The maximum atomic E-state index is 11.4. The first kappa shape index (κ1) is 12.4. The molecule has 0 aliphatic heterocycles. The fraction of sp³-hybridized carbons (Fsp3) is 0.286. The highest BCUT2D eigenvalue weighted by atomic mass is 16.1. The molecule has 2 rings (SSSR count). The van der Waals surface area contributed by atoms with E-state index in [1.807, 2.05) is 25.1 Å². The summed E-state index contributed by atoms with van der Waals surface area (Å²) in [5, 5.41) is 3.12. The van der Waals surface area contributed by atoms with Crippen molar-refractivity contribution >= 4 is 11.6 Å². The van der Waals surface area contributed by atoms with Gasteiger partial charge in [-0.2, -0.15) is 0 Å². The molecular weight excluding hydrogens is 226 g/mol. The van der Waals surface area contributed by atoms with Gasteiger partial charge in [-0.15, -0.1) is 0 Å². The van der Waals surface area contributed by atoms with Crippen LogP contribution in [0, 0.1) is 13.8 Å². The third-order valence-electron chi connectivity index (χ3n) is 2.93. The highest BCUT2D eigenvalue weighted by molar-refractivity contribution is 5.55. The minimum Gasteiger partial charge on any atom is -0.326 e. The van der Waals surface area contributed by atoms with Crippen molar-refractivity contribution in [1.82, 2.24) is 9.97 Å². The average molecular weight is 243 g/mol. The Kier molecular flexibility index (Phi) is 3.46. The number of nitrogens with one attached hydrogen (secondary N) is 2. The van der Waals surface area contributed by atoms with Crippen LogP contribution in [0.5, 0.6) is 0 Å². The number of benzene rings is 1. The predicted octanol–water partition coefficient (Wildman–Crippen LogP) is 2.69. The molecule has 0 saturated carbocycles. The van der Waals surface area contributed by atoms with Gasteiger partial charge in [-0.3, -0.25) is 9.78 Å². The van der Waals surface area contributed by atoms with Crippen LogP contribution in [0.2, 0.25) is 0 Å². The molecule has 0 aliphatic rings. The van der Waals surface area contributed by atoms with Crippen molar-refractivity contribution in [3.63, 3.8) is 0 Å². The zero-order valence-electron chi connectivity index (χ0n) is 10.9. The van der Waals surface area contributed by atoms with Crippen LogP contribution in [0.1, 0.15) is 23.7 Å². The molecule has 0 spiro atoms. The number of aromatic amines is 1. The number of hydrogen-bond donors (Lipinski definition) is 2. The number of anilines is 2. The molecule has 2 N–H and O–H groups in total. The zero-order valence-corrected chi connectivity index (χ0v) is 10.9. The van der Waals surface area contributed by atoms with Crippen LogP contribution in [0.25, 0.3) is 0 Å². The quantitative estimate of drug-likeness (QED) is 0.871. The van der Waals surface area contributed by atoms with Crippen molar-refractivity contribution in [3.8, 4) is 0 Å². The van der Waals surface area contributed by atoms with Gasteiger partial charge in [0.05, 0.1) is 0 Å². The van der Waals surface area contributed by atoms with Gasteiger partial charge in [-0.05, 0) is 43.5 Å². The van der Waals surface area contributed by atoms with Crippen molar-refractivity contribution in [2.24, 2.45) is 0 Å². The Labute approximate surface area is 106 Å². The lowest BCUT2D eigenvalue weighted by Gasteiger charge is -2.08. The van der Waals surface area contributed by atoms with Crippen molar-refractivity contribution in [2.75, 3.05) is 5.32 Å². The molecule has 0 unspecified atom stereocenters. The van der Waals surface area contributed by atoms with Gasteiger partial charge in [-0.1, -0.05) is 13.0 Å². The number of aromatic nitrogens is 2. The van der Waals surface area contributed by atoms with Crippen LogP contribution < -0.4 is 10.9 Å². The molecule has 2 aromatic rings. The van der Waals surface area contributed by atoms with E-state index in [9.17, 15) is 4.79 Å². The Morgan fingerprint density at radius 1 is 1.22 bits per heavy atom. The van der Waals surface area contributed by atoms with Gasteiger partial charge in [0.25, 0.3) is 5.56 Å². The summed E-state index contributed by atoms with van der Waals surface area (Å²) >= 11 is 0. The first-order chi connectivity index (χ1) is 8.58. The lowest BCUT2D eigenvalue weighted by atomic mass is 10.1. The molecule has 1 aromatic heterocycles. The maximum Gasteiger partial charge on any atom is 0.252 e. The number of aryl methyl sites for hydroxylation is 3. The van der Waals surface area contributed by atoms with Crippen molar-refractivity contribution in [1.29, 1.82) is 0 Å². The lowest BCUT2D eigenvalue weighted by molar-refractivity contribution is 0.986. The van der Waals surface area contributed by atoms with Crippen molar-refractivity contribution in [3.05, 3.63) is 51.4 Å². The van der Waals surface area contributed by atoms with Gasteiger partial charge in [0.1, 0.15) is 0 Å². The second kappa shape index (κ2) is 5.04. The summed E-state index contributed by atoms with van der Waals surface area (Å²) in [4.78, 5) is 18.5. The fourth-order valence-corrected chi connectivity index (χ4v) is 1.70. The molecule has 0 amide bonds. The fourth-order valence-electron chi connectivity index (χ4n) is 1.70. The highest BCUT2D eigenvalue weighted by Gasteiger charge is 2.01. The number of hydrogen-bond acceptors (Lipinski definition) is 3. The molecule has 0 radical (unpaired) electrons. The lowest BCUT2D eigenvalue weighted by Crippen LogP contribution is -2.11. The van der Waals surface area contributed by atoms with Gasteiger partial charge >= 0.3 is 0 Å². The van der Waals surface area contributed by atoms with Crippen molar-refractivity contribution < 1.29 is 0 Å². The molecule has 4 nitrogen and oxygen atoms in total. The molecule has 0 fully saturated rings. The largest absolute Gasteiger partial charge is 0.326 e. The molecule has 94 valence electrons. The van der Waals surface area contributed by atoms with Crippen LogP contribution in [0.15, 0.2) is 29.1 Å². The molecule has 0 atom stereocenters. The summed E-state index contributed by atoms with van der Waals surface area (Å²) in [5.74, 6) is 0.489. The van der Waals surface area contributed by atoms with E-state index >= 15 is 0 Å². The molecule has 0 saturated heterocycles. The monoisotopic (exact) mass is 243 g/mol. The second-order valence-corrected chi connectivity index (χ2v) is 4.36. The number of rotatable bonds is 3. The molecule has 0 aliphatic carbocycles. The van der Waals surface area contributed by atoms with E-state index in [1.165, 1.54) is 17.2 Å². The Bertz CT molecular complexity index is 617. The third-order valence-corrected chi connectivity index (χ3v) is 2.93.